The Bertz CT molecular complexity index is 761. The second kappa shape index (κ2) is 6.71. The van der Waals surface area contributed by atoms with Crippen molar-refractivity contribution in [2.45, 2.75) is 19.4 Å². The summed E-state index contributed by atoms with van der Waals surface area (Å²) in [5, 5.41) is 8.94. The van der Waals surface area contributed by atoms with Gasteiger partial charge in [0.15, 0.2) is 0 Å². The number of amides is 3. The summed E-state index contributed by atoms with van der Waals surface area (Å²) in [5.74, 6) is 0.0456. The number of carbonyl (C=O) groups is 2. The van der Waals surface area contributed by atoms with Gasteiger partial charge in [0.25, 0.3) is 0 Å². The molecule has 2 aromatic carbocycles. The molecular formula is C17H16ClN3O2. The summed E-state index contributed by atoms with van der Waals surface area (Å²) in [5.41, 5.74) is 3.58. The molecule has 2 aromatic rings. The van der Waals surface area contributed by atoms with Gasteiger partial charge in [0.2, 0.25) is 5.91 Å². The molecule has 0 saturated carbocycles. The molecule has 0 fully saturated rings. The number of anilines is 2. The lowest BCUT2D eigenvalue weighted by Crippen LogP contribution is -2.28. The van der Waals surface area contributed by atoms with Crippen LogP contribution in [0.3, 0.4) is 0 Å². The molecule has 1 aliphatic heterocycles. The molecule has 5 nitrogen and oxygen atoms in total. The normalized spacial score (nSPS) is 13.0. The van der Waals surface area contributed by atoms with Crippen LogP contribution in [0.1, 0.15) is 17.5 Å². The summed E-state index contributed by atoms with van der Waals surface area (Å²) in [6.07, 6.45) is 1.23. The zero-order chi connectivity index (χ0) is 16.2. The van der Waals surface area contributed by atoms with Crippen molar-refractivity contribution in [2.75, 3.05) is 10.6 Å². The first-order valence-electron chi connectivity index (χ1n) is 7.32. The second-order valence-corrected chi connectivity index (χ2v) is 5.79. The SMILES string of the molecule is O=C1CCc2cc(CNC(=O)Nc3cccc(Cl)c3)ccc2N1. The van der Waals surface area contributed by atoms with Crippen molar-refractivity contribution in [2.24, 2.45) is 0 Å². The van der Waals surface area contributed by atoms with Crippen molar-refractivity contribution in [3.05, 3.63) is 58.6 Å². The van der Waals surface area contributed by atoms with E-state index in [4.69, 9.17) is 11.6 Å². The van der Waals surface area contributed by atoms with Crippen molar-refractivity contribution in [1.29, 1.82) is 0 Å². The lowest BCUT2D eigenvalue weighted by atomic mass is 10.0. The number of hydrogen-bond acceptors (Lipinski definition) is 2. The summed E-state index contributed by atoms with van der Waals surface area (Å²) >= 11 is 5.88. The maximum atomic E-state index is 11.9. The molecule has 1 heterocycles. The van der Waals surface area contributed by atoms with Gasteiger partial charge in [-0.2, -0.15) is 0 Å². The fourth-order valence-electron chi connectivity index (χ4n) is 2.47. The number of urea groups is 1. The minimum absolute atomic E-state index is 0.0456. The van der Waals surface area contributed by atoms with Gasteiger partial charge in [-0.25, -0.2) is 4.79 Å². The van der Waals surface area contributed by atoms with Gasteiger partial charge in [0.05, 0.1) is 0 Å². The summed E-state index contributed by atoms with van der Waals surface area (Å²) in [4.78, 5) is 23.2. The van der Waals surface area contributed by atoms with Crippen LogP contribution in [0, 0.1) is 0 Å². The third-order valence-corrected chi connectivity index (χ3v) is 3.84. The van der Waals surface area contributed by atoms with Gasteiger partial charge in [0.1, 0.15) is 0 Å². The van der Waals surface area contributed by atoms with E-state index in [2.05, 4.69) is 16.0 Å². The van der Waals surface area contributed by atoms with E-state index in [1.54, 1.807) is 24.3 Å². The number of benzene rings is 2. The third-order valence-electron chi connectivity index (χ3n) is 3.60. The smallest absolute Gasteiger partial charge is 0.319 e. The molecule has 0 atom stereocenters. The molecule has 0 radical (unpaired) electrons. The Morgan fingerprint density at radius 3 is 2.87 bits per heavy atom. The van der Waals surface area contributed by atoms with Gasteiger partial charge in [0, 0.05) is 29.4 Å². The first kappa shape index (κ1) is 15.4. The van der Waals surface area contributed by atoms with Crippen LogP contribution in [0.15, 0.2) is 42.5 Å². The van der Waals surface area contributed by atoms with Crippen LogP contribution in [0.25, 0.3) is 0 Å². The maximum Gasteiger partial charge on any atom is 0.319 e. The van der Waals surface area contributed by atoms with E-state index in [0.717, 1.165) is 23.2 Å². The highest BCUT2D eigenvalue weighted by atomic mass is 35.5. The van der Waals surface area contributed by atoms with Crippen LogP contribution in [0.5, 0.6) is 0 Å². The zero-order valence-corrected chi connectivity index (χ0v) is 13.1. The van der Waals surface area contributed by atoms with E-state index in [0.29, 0.717) is 23.7 Å². The molecule has 118 valence electrons. The van der Waals surface area contributed by atoms with Crippen LogP contribution < -0.4 is 16.0 Å². The minimum Gasteiger partial charge on any atom is -0.334 e. The minimum atomic E-state index is -0.293. The van der Waals surface area contributed by atoms with E-state index in [-0.39, 0.29) is 11.9 Å². The van der Waals surface area contributed by atoms with Crippen molar-refractivity contribution < 1.29 is 9.59 Å². The number of fused-ring (bicyclic) bond motifs is 1. The fourth-order valence-corrected chi connectivity index (χ4v) is 2.66. The molecule has 6 heteroatoms. The molecular weight excluding hydrogens is 314 g/mol. The summed E-state index contributed by atoms with van der Waals surface area (Å²) < 4.78 is 0. The van der Waals surface area contributed by atoms with Crippen molar-refractivity contribution >= 4 is 34.9 Å². The number of hydrogen-bond donors (Lipinski definition) is 3. The molecule has 3 rings (SSSR count). The van der Waals surface area contributed by atoms with Crippen LogP contribution in [0.4, 0.5) is 16.2 Å². The predicted octanol–water partition coefficient (Wildman–Crippen LogP) is 3.55. The Morgan fingerprint density at radius 1 is 1.17 bits per heavy atom. The Balaban J connectivity index is 1.58. The third kappa shape index (κ3) is 4.02. The molecule has 0 unspecified atom stereocenters. The monoisotopic (exact) mass is 329 g/mol. The number of rotatable bonds is 3. The topological polar surface area (TPSA) is 70.2 Å². The van der Waals surface area contributed by atoms with Crippen LogP contribution in [0.2, 0.25) is 5.02 Å². The van der Waals surface area contributed by atoms with Gasteiger partial charge >= 0.3 is 6.03 Å². The highest BCUT2D eigenvalue weighted by Crippen LogP contribution is 2.23. The van der Waals surface area contributed by atoms with Gasteiger partial charge < -0.3 is 16.0 Å². The van der Waals surface area contributed by atoms with Crippen molar-refractivity contribution in [3.8, 4) is 0 Å². The van der Waals surface area contributed by atoms with Gasteiger partial charge in [-0.3, -0.25) is 4.79 Å². The van der Waals surface area contributed by atoms with E-state index >= 15 is 0 Å². The van der Waals surface area contributed by atoms with Crippen molar-refractivity contribution in [3.63, 3.8) is 0 Å². The maximum absolute atomic E-state index is 11.9. The fraction of sp³-hybridized carbons (Fsp3) is 0.176. The van der Waals surface area contributed by atoms with Crippen molar-refractivity contribution in [1.82, 2.24) is 5.32 Å². The highest BCUT2D eigenvalue weighted by molar-refractivity contribution is 6.30. The number of halogens is 1. The Kier molecular flexibility index (Phi) is 4.48. The quantitative estimate of drug-likeness (QED) is 0.806. The largest absolute Gasteiger partial charge is 0.334 e. The Morgan fingerprint density at radius 2 is 2.04 bits per heavy atom. The van der Waals surface area contributed by atoms with E-state index < -0.39 is 0 Å². The second-order valence-electron chi connectivity index (χ2n) is 5.36. The molecule has 0 saturated heterocycles. The first-order valence-corrected chi connectivity index (χ1v) is 7.70. The average Bonchev–Trinajstić information content (AvgIpc) is 2.53. The molecule has 3 N–H and O–H groups in total. The number of nitrogens with one attached hydrogen (secondary N) is 3. The lowest BCUT2D eigenvalue weighted by Gasteiger charge is -2.17. The van der Waals surface area contributed by atoms with Gasteiger partial charge in [-0.1, -0.05) is 29.8 Å². The highest BCUT2D eigenvalue weighted by Gasteiger charge is 2.14. The molecule has 1 aliphatic rings. The number of carbonyl (C=O) groups excluding carboxylic acids is 2. The van der Waals surface area contributed by atoms with E-state index in [9.17, 15) is 9.59 Å². The van der Waals surface area contributed by atoms with Gasteiger partial charge in [-0.05, 0) is 41.8 Å². The standard InChI is InChI=1S/C17H16ClN3O2/c18-13-2-1-3-14(9-13)20-17(23)19-10-11-4-6-15-12(8-11)5-7-16(22)21-15/h1-4,6,8-9H,5,7,10H2,(H,21,22)(H2,19,20,23). The lowest BCUT2D eigenvalue weighted by molar-refractivity contribution is -0.116. The van der Waals surface area contributed by atoms with Crippen LogP contribution in [-0.4, -0.2) is 11.9 Å². The molecule has 0 aliphatic carbocycles. The average molecular weight is 330 g/mol. The zero-order valence-electron chi connectivity index (χ0n) is 12.4. The summed E-state index contributed by atoms with van der Waals surface area (Å²) in [6, 6.07) is 12.5. The van der Waals surface area contributed by atoms with E-state index in [1.807, 2.05) is 18.2 Å². The molecule has 0 aromatic heterocycles. The molecule has 3 amide bonds. The van der Waals surface area contributed by atoms with Crippen LogP contribution >= 0.6 is 11.6 Å². The Labute approximate surface area is 139 Å². The summed E-state index contributed by atoms with van der Waals surface area (Å²) in [6.45, 7) is 0.410. The molecule has 23 heavy (non-hydrogen) atoms. The number of aryl methyl sites for hydroxylation is 1. The molecule has 0 bridgehead atoms. The summed E-state index contributed by atoms with van der Waals surface area (Å²) in [7, 11) is 0. The molecule has 0 spiro atoms. The van der Waals surface area contributed by atoms with E-state index in [1.165, 1.54) is 0 Å². The first-order chi connectivity index (χ1) is 11.1. The van der Waals surface area contributed by atoms with Gasteiger partial charge in [-0.15, -0.1) is 0 Å². The predicted molar refractivity (Wildman–Crippen MR) is 90.7 cm³/mol. The van der Waals surface area contributed by atoms with Crippen LogP contribution in [-0.2, 0) is 17.8 Å². The Hall–Kier alpha value is -2.53.